The van der Waals surface area contributed by atoms with Crippen molar-refractivity contribution < 1.29 is 18.0 Å². The summed E-state index contributed by atoms with van der Waals surface area (Å²) in [6.45, 7) is 6.01. The number of hydrogen-bond acceptors (Lipinski definition) is 5. The summed E-state index contributed by atoms with van der Waals surface area (Å²) in [6.07, 6.45) is 0.159. The van der Waals surface area contributed by atoms with Crippen LogP contribution in [0.3, 0.4) is 0 Å². The molecular formula is C24H29N3O4S. The van der Waals surface area contributed by atoms with Gasteiger partial charge in [0.05, 0.1) is 17.1 Å². The van der Waals surface area contributed by atoms with Crippen molar-refractivity contribution in [1.29, 1.82) is 0 Å². The zero-order chi connectivity index (χ0) is 23.0. The zero-order valence-electron chi connectivity index (χ0n) is 18.7. The van der Waals surface area contributed by atoms with E-state index in [1.165, 1.54) is 16.5 Å². The van der Waals surface area contributed by atoms with Crippen molar-refractivity contribution in [2.45, 2.75) is 37.6 Å². The lowest BCUT2D eigenvalue weighted by Crippen LogP contribution is -2.54. The molecule has 0 aliphatic carbocycles. The SMILES string of the molecule is Cc1cccc(N2CCN(C(=O)CCS(=O)(=O)c3ccc4c(c3)CC(=O)N4C)C[C@@H]2C)c1. The van der Waals surface area contributed by atoms with E-state index in [9.17, 15) is 18.0 Å². The van der Waals surface area contributed by atoms with Crippen molar-refractivity contribution >= 4 is 33.0 Å². The maximum Gasteiger partial charge on any atom is 0.231 e. The number of carbonyl (C=O) groups excluding carboxylic acids is 2. The number of carbonyl (C=O) groups is 2. The highest BCUT2D eigenvalue weighted by molar-refractivity contribution is 7.91. The number of aryl methyl sites for hydroxylation is 1. The fraction of sp³-hybridized carbons (Fsp3) is 0.417. The molecule has 0 bridgehead atoms. The first-order valence-corrected chi connectivity index (χ1v) is 12.5. The van der Waals surface area contributed by atoms with Crippen LogP contribution in [0.15, 0.2) is 47.4 Å². The van der Waals surface area contributed by atoms with Gasteiger partial charge in [0, 0.05) is 50.5 Å². The quantitative estimate of drug-likeness (QED) is 0.692. The van der Waals surface area contributed by atoms with Crippen molar-refractivity contribution in [2.24, 2.45) is 0 Å². The van der Waals surface area contributed by atoms with Crippen molar-refractivity contribution in [3.63, 3.8) is 0 Å². The highest BCUT2D eigenvalue weighted by Gasteiger charge is 2.29. The minimum absolute atomic E-state index is 0.0462. The Bertz CT molecular complexity index is 1160. The molecule has 2 aliphatic heterocycles. The largest absolute Gasteiger partial charge is 0.365 e. The molecule has 8 heteroatoms. The Morgan fingerprint density at radius 3 is 2.62 bits per heavy atom. The lowest BCUT2D eigenvalue weighted by Gasteiger charge is -2.41. The molecule has 2 amide bonds. The number of anilines is 2. The number of piperazine rings is 1. The van der Waals surface area contributed by atoms with E-state index in [1.807, 2.05) is 6.07 Å². The van der Waals surface area contributed by atoms with Crippen LogP contribution in [0.5, 0.6) is 0 Å². The minimum Gasteiger partial charge on any atom is -0.365 e. The van der Waals surface area contributed by atoms with E-state index in [1.54, 1.807) is 24.1 Å². The van der Waals surface area contributed by atoms with Gasteiger partial charge in [0.15, 0.2) is 9.84 Å². The molecule has 2 heterocycles. The average Bonchev–Trinajstić information content (AvgIpc) is 3.05. The summed E-state index contributed by atoms with van der Waals surface area (Å²) in [4.78, 5) is 30.4. The lowest BCUT2D eigenvalue weighted by atomic mass is 10.1. The van der Waals surface area contributed by atoms with Gasteiger partial charge in [-0.3, -0.25) is 9.59 Å². The number of hydrogen-bond donors (Lipinski definition) is 0. The molecular weight excluding hydrogens is 426 g/mol. The van der Waals surface area contributed by atoms with Crippen molar-refractivity contribution in [2.75, 3.05) is 42.2 Å². The monoisotopic (exact) mass is 455 g/mol. The van der Waals surface area contributed by atoms with Gasteiger partial charge in [-0.2, -0.15) is 0 Å². The van der Waals surface area contributed by atoms with Gasteiger partial charge < -0.3 is 14.7 Å². The second kappa shape index (κ2) is 8.58. The molecule has 0 unspecified atom stereocenters. The van der Waals surface area contributed by atoms with Gasteiger partial charge in [-0.1, -0.05) is 12.1 Å². The van der Waals surface area contributed by atoms with Gasteiger partial charge in [-0.25, -0.2) is 8.42 Å². The number of likely N-dealkylation sites (N-methyl/N-ethyl adjacent to an activating group) is 1. The van der Waals surface area contributed by atoms with E-state index in [0.717, 1.165) is 17.9 Å². The summed E-state index contributed by atoms with van der Waals surface area (Å²) in [5.74, 6) is -0.426. The Balaban J connectivity index is 1.37. The molecule has 1 saturated heterocycles. The van der Waals surface area contributed by atoms with E-state index in [-0.39, 0.29) is 41.3 Å². The standard InChI is InChI=1S/C24H29N3O4S/c1-17-5-4-6-20(13-17)27-11-10-26(16-18(27)2)23(28)9-12-32(30,31)21-7-8-22-19(14-21)15-24(29)25(22)3/h4-8,13-14,18H,9-12,15-16H2,1-3H3/t18-/m0/s1. The molecule has 0 N–H and O–H groups in total. The van der Waals surface area contributed by atoms with Crippen LogP contribution in [-0.4, -0.2) is 63.6 Å². The molecule has 4 rings (SSSR count). The first kappa shape index (κ1) is 22.3. The van der Waals surface area contributed by atoms with Crippen LogP contribution in [0.2, 0.25) is 0 Å². The van der Waals surface area contributed by atoms with E-state index in [4.69, 9.17) is 0 Å². The second-order valence-electron chi connectivity index (χ2n) is 8.71. The molecule has 32 heavy (non-hydrogen) atoms. The van der Waals surface area contributed by atoms with Gasteiger partial charge in [-0.05, 0) is 55.3 Å². The van der Waals surface area contributed by atoms with E-state index >= 15 is 0 Å². The average molecular weight is 456 g/mol. The highest BCUT2D eigenvalue weighted by atomic mass is 32.2. The van der Waals surface area contributed by atoms with Crippen LogP contribution in [0, 0.1) is 6.92 Å². The summed E-state index contributed by atoms with van der Waals surface area (Å²) in [7, 11) is -1.93. The summed E-state index contributed by atoms with van der Waals surface area (Å²) in [6, 6.07) is 13.2. The van der Waals surface area contributed by atoms with Gasteiger partial charge in [-0.15, -0.1) is 0 Å². The third-order valence-corrected chi connectivity index (χ3v) is 8.10. The number of rotatable bonds is 5. The summed E-state index contributed by atoms with van der Waals surface area (Å²) in [5, 5.41) is 0. The van der Waals surface area contributed by atoms with E-state index in [2.05, 4.69) is 36.9 Å². The number of sulfone groups is 1. The first-order chi connectivity index (χ1) is 15.2. The number of amides is 2. The van der Waals surface area contributed by atoms with Crippen molar-refractivity contribution in [3.05, 3.63) is 53.6 Å². The Morgan fingerprint density at radius 1 is 1.12 bits per heavy atom. The number of nitrogens with zero attached hydrogens (tertiary/aromatic N) is 3. The fourth-order valence-electron chi connectivity index (χ4n) is 4.51. The topological polar surface area (TPSA) is 78.0 Å². The lowest BCUT2D eigenvalue weighted by molar-refractivity contribution is -0.131. The summed E-state index contributed by atoms with van der Waals surface area (Å²) in [5.41, 5.74) is 3.80. The van der Waals surface area contributed by atoms with Crippen LogP contribution in [0.25, 0.3) is 0 Å². The molecule has 2 aromatic rings. The summed E-state index contributed by atoms with van der Waals surface area (Å²) < 4.78 is 25.7. The molecule has 2 aliphatic rings. The normalized spacial score (nSPS) is 18.8. The Hall–Kier alpha value is -2.87. The Labute approximate surface area is 189 Å². The number of benzene rings is 2. The van der Waals surface area contributed by atoms with Gasteiger partial charge in [0.25, 0.3) is 0 Å². The molecule has 1 atom stereocenters. The number of fused-ring (bicyclic) bond motifs is 1. The zero-order valence-corrected chi connectivity index (χ0v) is 19.6. The van der Waals surface area contributed by atoms with Crippen LogP contribution in [0.1, 0.15) is 24.5 Å². The van der Waals surface area contributed by atoms with E-state index < -0.39 is 9.84 Å². The Kier molecular flexibility index (Phi) is 5.99. The van der Waals surface area contributed by atoms with Crippen LogP contribution >= 0.6 is 0 Å². The maximum absolute atomic E-state index is 12.8. The highest BCUT2D eigenvalue weighted by Crippen LogP contribution is 2.30. The predicted octanol–water partition coefficient (Wildman–Crippen LogP) is 2.42. The smallest absolute Gasteiger partial charge is 0.231 e. The fourth-order valence-corrected chi connectivity index (χ4v) is 5.79. The molecule has 2 aromatic carbocycles. The molecule has 0 radical (unpaired) electrons. The third-order valence-electron chi connectivity index (χ3n) is 6.39. The third kappa shape index (κ3) is 4.37. The van der Waals surface area contributed by atoms with E-state index in [0.29, 0.717) is 18.7 Å². The van der Waals surface area contributed by atoms with Gasteiger partial charge in [0.2, 0.25) is 11.8 Å². The summed E-state index contributed by atoms with van der Waals surface area (Å²) >= 11 is 0. The van der Waals surface area contributed by atoms with Crippen molar-refractivity contribution in [1.82, 2.24) is 4.90 Å². The van der Waals surface area contributed by atoms with Gasteiger partial charge >= 0.3 is 0 Å². The molecule has 7 nitrogen and oxygen atoms in total. The predicted molar refractivity (Wildman–Crippen MR) is 125 cm³/mol. The minimum atomic E-state index is -3.61. The molecule has 1 fully saturated rings. The van der Waals surface area contributed by atoms with Crippen LogP contribution in [-0.2, 0) is 25.8 Å². The Morgan fingerprint density at radius 2 is 1.91 bits per heavy atom. The second-order valence-corrected chi connectivity index (χ2v) is 10.8. The maximum atomic E-state index is 12.8. The molecule has 0 spiro atoms. The van der Waals surface area contributed by atoms with Gasteiger partial charge in [0.1, 0.15) is 0 Å². The molecule has 0 aromatic heterocycles. The first-order valence-electron chi connectivity index (χ1n) is 10.9. The molecule has 170 valence electrons. The van der Waals surface area contributed by atoms with Crippen LogP contribution < -0.4 is 9.80 Å². The molecule has 0 saturated carbocycles. The van der Waals surface area contributed by atoms with Crippen LogP contribution in [0.4, 0.5) is 11.4 Å². The van der Waals surface area contributed by atoms with Crippen molar-refractivity contribution in [3.8, 4) is 0 Å².